The van der Waals surface area contributed by atoms with Gasteiger partial charge in [0.15, 0.2) is 0 Å². The molecule has 2 N–H and O–H groups in total. The molecule has 0 aliphatic rings. The lowest BCUT2D eigenvalue weighted by Gasteiger charge is -2.11. The van der Waals surface area contributed by atoms with Crippen molar-refractivity contribution in [2.75, 3.05) is 20.6 Å². The maximum absolute atomic E-state index is 12.5. The lowest BCUT2D eigenvalue weighted by molar-refractivity contribution is -0.127. The zero-order chi connectivity index (χ0) is 20.2. The molecule has 0 bridgehead atoms. The van der Waals surface area contributed by atoms with Crippen LogP contribution in [-0.2, 0) is 28.4 Å². The summed E-state index contributed by atoms with van der Waals surface area (Å²) in [7, 11) is 1.13. The Morgan fingerprint density at radius 3 is 2.56 bits per heavy atom. The third kappa shape index (κ3) is 5.14. The van der Waals surface area contributed by atoms with E-state index < -0.39 is 15.9 Å². The van der Waals surface area contributed by atoms with Gasteiger partial charge in [-0.25, -0.2) is 13.1 Å². The van der Waals surface area contributed by atoms with E-state index in [1.807, 2.05) is 6.92 Å². The van der Waals surface area contributed by atoms with Crippen molar-refractivity contribution >= 4 is 21.8 Å². The predicted octanol–water partition coefficient (Wildman–Crippen LogP) is 0.0250. The topological polar surface area (TPSA) is 113 Å². The Bertz CT molecular complexity index is 950. The predicted molar refractivity (Wildman–Crippen MR) is 99.4 cm³/mol. The lowest BCUT2D eigenvalue weighted by atomic mass is 10.2. The number of carbonyl (C=O) groups excluding carboxylic acids is 2. The fourth-order valence-corrected chi connectivity index (χ4v) is 3.25. The first-order valence-corrected chi connectivity index (χ1v) is 9.65. The van der Waals surface area contributed by atoms with Crippen molar-refractivity contribution in [3.8, 4) is 0 Å². The monoisotopic (exact) mass is 393 g/mol. The Kier molecular flexibility index (Phi) is 6.34. The van der Waals surface area contributed by atoms with E-state index in [0.717, 1.165) is 11.3 Å². The smallest absolute Gasteiger partial charge is 0.251 e. The van der Waals surface area contributed by atoms with Gasteiger partial charge in [0, 0.05) is 44.5 Å². The van der Waals surface area contributed by atoms with Gasteiger partial charge in [-0.2, -0.15) is 5.10 Å². The largest absolute Gasteiger partial charge is 0.347 e. The van der Waals surface area contributed by atoms with E-state index in [4.69, 9.17) is 0 Å². The minimum Gasteiger partial charge on any atom is -0.347 e. The van der Waals surface area contributed by atoms with Crippen molar-refractivity contribution in [1.82, 2.24) is 24.7 Å². The average molecular weight is 393 g/mol. The van der Waals surface area contributed by atoms with E-state index in [2.05, 4.69) is 15.1 Å². The van der Waals surface area contributed by atoms with Gasteiger partial charge in [-0.15, -0.1) is 0 Å². The van der Waals surface area contributed by atoms with E-state index in [1.165, 1.54) is 29.2 Å². The van der Waals surface area contributed by atoms with Gasteiger partial charge in [-0.3, -0.25) is 14.3 Å². The van der Waals surface area contributed by atoms with Gasteiger partial charge in [0.25, 0.3) is 5.91 Å². The molecule has 1 aromatic carbocycles. The summed E-state index contributed by atoms with van der Waals surface area (Å²) in [5.74, 6) is -0.786. The van der Waals surface area contributed by atoms with Crippen molar-refractivity contribution in [3.63, 3.8) is 0 Å². The molecule has 0 saturated carbocycles. The minimum atomic E-state index is -3.81. The molecule has 0 unspecified atom stereocenters. The highest BCUT2D eigenvalue weighted by molar-refractivity contribution is 7.89. The van der Waals surface area contributed by atoms with E-state index in [0.29, 0.717) is 0 Å². The summed E-state index contributed by atoms with van der Waals surface area (Å²) in [4.78, 5) is 25.0. The number of benzene rings is 1. The van der Waals surface area contributed by atoms with Crippen LogP contribution in [-0.4, -0.2) is 55.6 Å². The zero-order valence-electron chi connectivity index (χ0n) is 15.7. The summed E-state index contributed by atoms with van der Waals surface area (Å²) in [6, 6.07) is 5.64. The molecule has 2 aromatic rings. The van der Waals surface area contributed by atoms with Gasteiger partial charge in [-0.1, -0.05) is 6.07 Å². The molecule has 27 heavy (non-hydrogen) atoms. The van der Waals surface area contributed by atoms with Gasteiger partial charge in [-0.05, 0) is 25.1 Å². The Hall–Kier alpha value is -2.72. The van der Waals surface area contributed by atoms with Crippen LogP contribution >= 0.6 is 0 Å². The highest BCUT2D eigenvalue weighted by Crippen LogP contribution is 2.13. The molecule has 1 aromatic heterocycles. The molecule has 0 saturated heterocycles. The van der Waals surface area contributed by atoms with Crippen LogP contribution in [0.25, 0.3) is 0 Å². The Balaban J connectivity index is 2.09. The van der Waals surface area contributed by atoms with Gasteiger partial charge < -0.3 is 10.2 Å². The van der Waals surface area contributed by atoms with Gasteiger partial charge >= 0.3 is 0 Å². The van der Waals surface area contributed by atoms with Crippen molar-refractivity contribution in [2.24, 2.45) is 7.05 Å². The molecule has 2 amide bonds. The fourth-order valence-electron chi connectivity index (χ4n) is 2.19. The lowest BCUT2D eigenvalue weighted by Crippen LogP contribution is -2.36. The maximum atomic E-state index is 12.5. The van der Waals surface area contributed by atoms with Crippen molar-refractivity contribution in [2.45, 2.75) is 18.4 Å². The Labute approximate surface area is 158 Å². The third-order valence-electron chi connectivity index (χ3n) is 4.10. The van der Waals surface area contributed by atoms with Crippen LogP contribution in [0.5, 0.6) is 0 Å². The number of hydrogen-bond donors (Lipinski definition) is 2. The van der Waals surface area contributed by atoms with Crippen molar-refractivity contribution in [3.05, 3.63) is 47.3 Å². The van der Waals surface area contributed by atoms with Crippen LogP contribution in [0.4, 0.5) is 0 Å². The summed E-state index contributed by atoms with van der Waals surface area (Å²) >= 11 is 0. The molecule has 0 radical (unpaired) electrons. The number of aryl methyl sites for hydroxylation is 1. The summed E-state index contributed by atoms with van der Waals surface area (Å²) in [6.07, 6.45) is 1.60. The second-order valence-corrected chi connectivity index (χ2v) is 7.97. The molecule has 146 valence electrons. The fraction of sp³-hybridized carbons (Fsp3) is 0.353. The van der Waals surface area contributed by atoms with Crippen LogP contribution in [0.2, 0.25) is 0 Å². The maximum Gasteiger partial charge on any atom is 0.251 e. The van der Waals surface area contributed by atoms with Crippen LogP contribution in [0.3, 0.4) is 0 Å². The molecule has 0 atom stereocenters. The molecule has 0 fully saturated rings. The Morgan fingerprint density at radius 2 is 1.96 bits per heavy atom. The molecular weight excluding hydrogens is 370 g/mol. The van der Waals surface area contributed by atoms with Gasteiger partial charge in [0.1, 0.15) is 0 Å². The number of sulfonamides is 1. The molecule has 2 rings (SSSR count). The molecule has 0 aliphatic heterocycles. The number of nitrogens with zero attached hydrogens (tertiary/aromatic N) is 3. The Morgan fingerprint density at radius 1 is 1.26 bits per heavy atom. The highest BCUT2D eigenvalue weighted by Gasteiger charge is 2.17. The zero-order valence-corrected chi connectivity index (χ0v) is 16.5. The SMILES string of the molecule is Cc1c(CNS(=O)(=O)c2cccc(C(=O)NCC(=O)N(C)C)c2)cnn1C. The molecule has 0 spiro atoms. The number of likely N-dealkylation sites (N-methyl/N-ethyl adjacent to an activating group) is 1. The number of rotatable bonds is 7. The third-order valence-corrected chi connectivity index (χ3v) is 5.49. The summed E-state index contributed by atoms with van der Waals surface area (Å²) in [5, 5.41) is 6.54. The van der Waals surface area contributed by atoms with E-state index in [-0.39, 0.29) is 29.5 Å². The normalized spacial score (nSPS) is 11.3. The number of aromatic nitrogens is 2. The van der Waals surface area contributed by atoms with Crippen molar-refractivity contribution < 1.29 is 18.0 Å². The second kappa shape index (κ2) is 8.31. The molecule has 1 heterocycles. The van der Waals surface area contributed by atoms with Crippen molar-refractivity contribution in [1.29, 1.82) is 0 Å². The first-order chi connectivity index (χ1) is 12.6. The summed E-state index contributed by atoms with van der Waals surface area (Å²) in [5.41, 5.74) is 1.77. The molecule has 9 nitrogen and oxygen atoms in total. The first-order valence-electron chi connectivity index (χ1n) is 8.17. The molecule has 10 heteroatoms. The summed E-state index contributed by atoms with van der Waals surface area (Å²) < 4.78 is 29.2. The second-order valence-electron chi connectivity index (χ2n) is 6.20. The quantitative estimate of drug-likeness (QED) is 0.689. The van der Waals surface area contributed by atoms with E-state index in [9.17, 15) is 18.0 Å². The van der Waals surface area contributed by atoms with Crippen LogP contribution in [0.1, 0.15) is 21.6 Å². The van der Waals surface area contributed by atoms with Gasteiger partial charge in [0.2, 0.25) is 15.9 Å². The standard InChI is InChI=1S/C17H23N5O4S/c1-12-14(9-19-22(12)4)10-20-27(25,26)15-7-5-6-13(8-15)17(24)18-11-16(23)21(2)3/h5-9,20H,10-11H2,1-4H3,(H,18,24). The van der Waals surface area contributed by atoms with Crippen LogP contribution < -0.4 is 10.0 Å². The number of amides is 2. The highest BCUT2D eigenvalue weighted by atomic mass is 32.2. The van der Waals surface area contributed by atoms with Crippen LogP contribution in [0.15, 0.2) is 35.4 Å². The number of hydrogen-bond acceptors (Lipinski definition) is 5. The molecular formula is C17H23N5O4S. The van der Waals surface area contributed by atoms with Crippen LogP contribution in [0, 0.1) is 6.92 Å². The van der Waals surface area contributed by atoms with Gasteiger partial charge in [0.05, 0.1) is 17.6 Å². The number of carbonyl (C=O) groups is 2. The molecule has 0 aliphatic carbocycles. The first kappa shape index (κ1) is 20.6. The number of nitrogens with one attached hydrogen (secondary N) is 2. The minimum absolute atomic E-state index is 0.0318. The van der Waals surface area contributed by atoms with E-state index >= 15 is 0 Å². The average Bonchev–Trinajstić information content (AvgIpc) is 2.96. The summed E-state index contributed by atoms with van der Waals surface area (Å²) in [6.45, 7) is 1.77. The van der Waals surface area contributed by atoms with E-state index in [1.54, 1.807) is 32.0 Å².